The first-order chi connectivity index (χ1) is 3.39. The van der Waals surface area contributed by atoms with Crippen molar-refractivity contribution in [2.45, 2.75) is 0 Å². The predicted octanol–water partition coefficient (Wildman–Crippen LogP) is 1.35. The molecule has 0 aliphatic heterocycles. The van der Waals surface area contributed by atoms with Gasteiger partial charge in [0.1, 0.15) is 0 Å². The summed E-state index contributed by atoms with van der Waals surface area (Å²) in [6, 6.07) is 10.1. The van der Waals surface area contributed by atoms with Gasteiger partial charge in [-0.05, 0) is 5.30 Å². The molecule has 1 atom stereocenters. The van der Waals surface area contributed by atoms with Crippen molar-refractivity contribution in [3.8, 4) is 0 Å². The minimum absolute atomic E-state index is 0. The molecular formula is C6H10NP. The van der Waals surface area contributed by atoms with Crippen LogP contribution in [0.15, 0.2) is 30.3 Å². The molecular weight excluding hydrogens is 117 g/mol. The molecule has 0 aliphatic rings. The third kappa shape index (κ3) is 2.06. The molecule has 2 heteroatoms. The number of hydrogen-bond acceptors (Lipinski definition) is 1. The van der Waals surface area contributed by atoms with Crippen LogP contribution in [0, 0.1) is 0 Å². The average molecular weight is 127 g/mol. The molecule has 0 spiro atoms. The SMILES string of the molecule is N.Pc1ccccc1. The zero-order valence-corrected chi connectivity index (χ0v) is 5.83. The van der Waals surface area contributed by atoms with E-state index in [-0.39, 0.29) is 6.15 Å². The molecule has 3 N–H and O–H groups in total. The maximum atomic E-state index is 2.63. The minimum Gasteiger partial charge on any atom is -0.344 e. The van der Waals surface area contributed by atoms with Gasteiger partial charge in [-0.3, -0.25) is 0 Å². The van der Waals surface area contributed by atoms with Crippen molar-refractivity contribution in [3.05, 3.63) is 30.3 Å². The summed E-state index contributed by atoms with van der Waals surface area (Å²) < 4.78 is 0. The zero-order chi connectivity index (χ0) is 5.11. The number of rotatable bonds is 0. The van der Waals surface area contributed by atoms with Gasteiger partial charge >= 0.3 is 0 Å². The van der Waals surface area contributed by atoms with Crippen LogP contribution in [0.5, 0.6) is 0 Å². The van der Waals surface area contributed by atoms with Crippen LogP contribution in [0.4, 0.5) is 0 Å². The largest absolute Gasteiger partial charge is 0.344 e. The lowest BCUT2D eigenvalue weighted by Gasteiger charge is -1.82. The quantitative estimate of drug-likeness (QED) is 0.524. The van der Waals surface area contributed by atoms with E-state index in [9.17, 15) is 0 Å². The van der Waals surface area contributed by atoms with Gasteiger partial charge in [0.05, 0.1) is 0 Å². The Morgan fingerprint density at radius 1 is 1.00 bits per heavy atom. The zero-order valence-electron chi connectivity index (χ0n) is 4.67. The molecule has 0 saturated heterocycles. The summed E-state index contributed by atoms with van der Waals surface area (Å²) in [5.74, 6) is 0. The standard InChI is InChI=1S/C6H7P.H3N/c7-6-4-2-1-3-5-6;/h1-5H,7H2;1H3. The summed E-state index contributed by atoms with van der Waals surface area (Å²) in [5, 5.41) is 1.24. The number of hydrogen-bond donors (Lipinski definition) is 1. The van der Waals surface area contributed by atoms with Crippen molar-refractivity contribution in [2.24, 2.45) is 0 Å². The smallest absolute Gasteiger partial charge is 0.0303 e. The first-order valence-corrected chi connectivity index (χ1v) is 2.78. The summed E-state index contributed by atoms with van der Waals surface area (Å²) >= 11 is 0. The summed E-state index contributed by atoms with van der Waals surface area (Å²) in [4.78, 5) is 0. The highest BCUT2D eigenvalue weighted by Crippen LogP contribution is 1.86. The highest BCUT2D eigenvalue weighted by molar-refractivity contribution is 7.27. The lowest BCUT2D eigenvalue weighted by Crippen LogP contribution is -1.82. The third-order valence-corrected chi connectivity index (χ3v) is 1.18. The normalized spacial score (nSPS) is 7.62. The van der Waals surface area contributed by atoms with E-state index >= 15 is 0 Å². The molecule has 0 aliphatic carbocycles. The maximum absolute atomic E-state index is 2.63. The van der Waals surface area contributed by atoms with Crippen LogP contribution in [-0.4, -0.2) is 0 Å². The van der Waals surface area contributed by atoms with Crippen molar-refractivity contribution in [1.29, 1.82) is 0 Å². The third-order valence-electron chi connectivity index (χ3n) is 0.800. The monoisotopic (exact) mass is 127 g/mol. The maximum Gasteiger partial charge on any atom is -0.0303 e. The van der Waals surface area contributed by atoms with Crippen molar-refractivity contribution in [1.82, 2.24) is 6.15 Å². The highest BCUT2D eigenvalue weighted by atomic mass is 31.0. The fourth-order valence-electron chi connectivity index (χ4n) is 0.453. The predicted molar refractivity (Wildman–Crippen MR) is 40.8 cm³/mol. The van der Waals surface area contributed by atoms with Gasteiger partial charge in [0.25, 0.3) is 0 Å². The van der Waals surface area contributed by atoms with E-state index in [4.69, 9.17) is 0 Å². The molecule has 44 valence electrons. The highest BCUT2D eigenvalue weighted by Gasteiger charge is 1.72. The lowest BCUT2D eigenvalue weighted by atomic mass is 10.4. The summed E-state index contributed by atoms with van der Waals surface area (Å²) in [7, 11) is 2.63. The fraction of sp³-hybridized carbons (Fsp3) is 0. The Bertz CT molecular complexity index is 138. The first-order valence-electron chi connectivity index (χ1n) is 2.20. The Morgan fingerprint density at radius 3 is 1.75 bits per heavy atom. The Morgan fingerprint density at radius 2 is 1.50 bits per heavy atom. The van der Waals surface area contributed by atoms with Crippen LogP contribution in [-0.2, 0) is 0 Å². The van der Waals surface area contributed by atoms with Gasteiger partial charge in [-0.2, -0.15) is 0 Å². The second-order valence-corrected chi connectivity index (χ2v) is 2.08. The van der Waals surface area contributed by atoms with Crippen LogP contribution >= 0.6 is 9.24 Å². The molecule has 1 nitrogen and oxygen atoms in total. The topological polar surface area (TPSA) is 35.0 Å². The molecule has 0 aromatic heterocycles. The lowest BCUT2D eigenvalue weighted by molar-refractivity contribution is 1.78. The first kappa shape index (κ1) is 7.61. The molecule has 1 aromatic carbocycles. The molecule has 0 bridgehead atoms. The van der Waals surface area contributed by atoms with Crippen molar-refractivity contribution >= 4 is 14.5 Å². The van der Waals surface area contributed by atoms with Crippen LogP contribution < -0.4 is 11.5 Å². The van der Waals surface area contributed by atoms with Gasteiger partial charge < -0.3 is 6.15 Å². The van der Waals surface area contributed by atoms with Crippen LogP contribution in [0.2, 0.25) is 0 Å². The van der Waals surface area contributed by atoms with E-state index in [1.54, 1.807) is 0 Å². The molecule has 0 amide bonds. The van der Waals surface area contributed by atoms with Gasteiger partial charge in [0, 0.05) is 0 Å². The van der Waals surface area contributed by atoms with E-state index in [0.717, 1.165) is 0 Å². The number of benzene rings is 1. The molecule has 0 saturated carbocycles. The summed E-state index contributed by atoms with van der Waals surface area (Å²) in [5.41, 5.74) is 0. The van der Waals surface area contributed by atoms with Gasteiger partial charge in [-0.25, -0.2) is 0 Å². The minimum atomic E-state index is 0. The Kier molecular flexibility index (Phi) is 3.42. The molecule has 0 fully saturated rings. The van der Waals surface area contributed by atoms with Gasteiger partial charge in [-0.1, -0.05) is 30.3 Å². The van der Waals surface area contributed by atoms with Crippen LogP contribution in [0.3, 0.4) is 0 Å². The summed E-state index contributed by atoms with van der Waals surface area (Å²) in [6.07, 6.45) is 0. The summed E-state index contributed by atoms with van der Waals surface area (Å²) in [6.45, 7) is 0. The molecule has 1 rings (SSSR count). The van der Waals surface area contributed by atoms with E-state index < -0.39 is 0 Å². The second kappa shape index (κ2) is 3.59. The van der Waals surface area contributed by atoms with Crippen molar-refractivity contribution < 1.29 is 0 Å². The molecule has 1 aromatic rings. The van der Waals surface area contributed by atoms with E-state index in [2.05, 4.69) is 9.24 Å². The molecule has 0 heterocycles. The Hall–Kier alpha value is -0.390. The molecule has 0 radical (unpaired) electrons. The van der Waals surface area contributed by atoms with Crippen molar-refractivity contribution in [2.75, 3.05) is 0 Å². The van der Waals surface area contributed by atoms with Crippen LogP contribution in [0.1, 0.15) is 0 Å². The van der Waals surface area contributed by atoms with Gasteiger partial charge in [0.2, 0.25) is 0 Å². The van der Waals surface area contributed by atoms with Crippen LogP contribution in [0.25, 0.3) is 0 Å². The Balaban J connectivity index is 0.000000490. The van der Waals surface area contributed by atoms with E-state index in [0.29, 0.717) is 0 Å². The van der Waals surface area contributed by atoms with Gasteiger partial charge in [0.15, 0.2) is 0 Å². The molecule has 1 unspecified atom stereocenters. The molecule has 8 heavy (non-hydrogen) atoms. The Labute approximate surface area is 51.9 Å². The van der Waals surface area contributed by atoms with Crippen molar-refractivity contribution in [3.63, 3.8) is 0 Å². The second-order valence-electron chi connectivity index (χ2n) is 1.41. The fourth-order valence-corrected chi connectivity index (χ4v) is 0.675. The van der Waals surface area contributed by atoms with E-state index in [1.807, 2.05) is 30.3 Å². The van der Waals surface area contributed by atoms with Gasteiger partial charge in [-0.15, -0.1) is 9.24 Å². The van der Waals surface area contributed by atoms with E-state index in [1.165, 1.54) is 5.30 Å². The average Bonchev–Trinajstić information content (AvgIpc) is 1.69.